The van der Waals surface area contributed by atoms with Gasteiger partial charge in [-0.3, -0.25) is 4.18 Å². The van der Waals surface area contributed by atoms with Crippen molar-refractivity contribution < 1.29 is 31.9 Å². The number of hydrogen-bond acceptors (Lipinski definition) is 8. The van der Waals surface area contributed by atoms with Crippen LogP contribution in [0.2, 0.25) is 0 Å². The number of nitrogens with zero attached hydrogens (tertiary/aromatic N) is 2. The van der Waals surface area contributed by atoms with Gasteiger partial charge in [0.1, 0.15) is 5.60 Å². The van der Waals surface area contributed by atoms with Crippen LogP contribution in [0, 0.1) is 5.82 Å². The smallest absolute Gasteiger partial charge is 0.265 e. The highest BCUT2D eigenvalue weighted by molar-refractivity contribution is 7.86. The molecule has 3 rings (SSSR count). The number of benzene rings is 1. The molecule has 1 aromatic heterocycles. The van der Waals surface area contributed by atoms with Gasteiger partial charge in [-0.05, 0) is 36.6 Å². The Morgan fingerprint density at radius 2 is 1.97 bits per heavy atom. The lowest BCUT2D eigenvalue weighted by atomic mass is 9.85. The molecule has 30 heavy (non-hydrogen) atoms. The van der Waals surface area contributed by atoms with Gasteiger partial charge in [0, 0.05) is 37.5 Å². The SMILES string of the molecule is COc1ccc(C2(OS(C)(=O)=O)CCN(CC(O)c3ccc(O)c(F)c3)CC2)cn1. The third kappa shape index (κ3) is 5.25. The van der Waals surface area contributed by atoms with Crippen LogP contribution in [-0.2, 0) is 19.9 Å². The zero-order valence-electron chi connectivity index (χ0n) is 16.8. The molecule has 0 bridgehead atoms. The lowest BCUT2D eigenvalue weighted by molar-refractivity contribution is -0.00924. The van der Waals surface area contributed by atoms with Gasteiger partial charge in [-0.25, -0.2) is 9.37 Å². The van der Waals surface area contributed by atoms with Gasteiger partial charge in [0.25, 0.3) is 10.1 Å². The van der Waals surface area contributed by atoms with E-state index in [1.807, 2.05) is 4.90 Å². The molecule has 0 saturated carbocycles. The quantitative estimate of drug-likeness (QED) is 0.629. The van der Waals surface area contributed by atoms with Crippen molar-refractivity contribution in [1.29, 1.82) is 0 Å². The number of phenolic OH excluding ortho intramolecular Hbond substituents is 1. The fraction of sp³-hybridized carbons (Fsp3) is 0.450. The number of aromatic nitrogens is 1. The van der Waals surface area contributed by atoms with E-state index < -0.39 is 33.4 Å². The van der Waals surface area contributed by atoms with E-state index in [1.54, 1.807) is 18.3 Å². The summed E-state index contributed by atoms with van der Waals surface area (Å²) in [5, 5.41) is 19.7. The van der Waals surface area contributed by atoms with E-state index in [-0.39, 0.29) is 6.54 Å². The van der Waals surface area contributed by atoms with Gasteiger partial charge in [-0.2, -0.15) is 8.42 Å². The molecule has 2 N–H and O–H groups in total. The molecule has 1 aliphatic heterocycles. The van der Waals surface area contributed by atoms with Gasteiger partial charge >= 0.3 is 0 Å². The Kier molecular flexibility index (Phi) is 6.61. The van der Waals surface area contributed by atoms with E-state index in [4.69, 9.17) is 8.92 Å². The van der Waals surface area contributed by atoms with Crippen LogP contribution in [0.15, 0.2) is 36.5 Å². The average molecular weight is 440 g/mol. The van der Waals surface area contributed by atoms with Crippen LogP contribution in [0.3, 0.4) is 0 Å². The summed E-state index contributed by atoms with van der Waals surface area (Å²) < 4.78 is 48.0. The van der Waals surface area contributed by atoms with Crippen LogP contribution >= 0.6 is 0 Å². The first kappa shape index (κ1) is 22.4. The summed E-state index contributed by atoms with van der Waals surface area (Å²) in [6.07, 6.45) is 2.34. The molecule has 1 aliphatic rings. The lowest BCUT2D eigenvalue weighted by Gasteiger charge is -2.41. The molecule has 1 saturated heterocycles. The summed E-state index contributed by atoms with van der Waals surface area (Å²) in [5.74, 6) is -0.854. The maximum Gasteiger partial charge on any atom is 0.265 e. The average Bonchev–Trinajstić information content (AvgIpc) is 2.70. The van der Waals surface area contributed by atoms with Gasteiger partial charge in [-0.1, -0.05) is 6.07 Å². The molecule has 0 amide bonds. The number of methoxy groups -OCH3 is 1. The minimum absolute atomic E-state index is 0.236. The van der Waals surface area contributed by atoms with E-state index in [2.05, 4.69) is 4.98 Å². The summed E-state index contributed by atoms with van der Waals surface area (Å²) >= 11 is 0. The predicted octanol–water partition coefficient (Wildman–Crippen LogP) is 1.94. The fourth-order valence-electron chi connectivity index (χ4n) is 3.66. The van der Waals surface area contributed by atoms with Crippen LogP contribution in [0.1, 0.15) is 30.1 Å². The third-order valence-corrected chi connectivity index (χ3v) is 5.86. The number of rotatable bonds is 7. The normalized spacial score (nSPS) is 18.1. The Balaban J connectivity index is 1.73. The number of ether oxygens (including phenoxy) is 1. The summed E-state index contributed by atoms with van der Waals surface area (Å²) in [4.78, 5) is 6.12. The van der Waals surface area contributed by atoms with Gasteiger partial charge in [0.15, 0.2) is 11.6 Å². The molecule has 8 nitrogen and oxygen atoms in total. The monoisotopic (exact) mass is 440 g/mol. The first-order chi connectivity index (χ1) is 14.1. The molecule has 1 fully saturated rings. The number of halogens is 1. The molecule has 0 radical (unpaired) electrons. The summed E-state index contributed by atoms with van der Waals surface area (Å²) in [7, 11) is -2.24. The maximum absolute atomic E-state index is 13.6. The molecular formula is C20H25FN2O6S. The molecule has 1 atom stereocenters. The topological polar surface area (TPSA) is 109 Å². The van der Waals surface area contributed by atoms with Crippen molar-refractivity contribution in [3.63, 3.8) is 0 Å². The van der Waals surface area contributed by atoms with Crippen LogP contribution in [0.4, 0.5) is 4.39 Å². The minimum Gasteiger partial charge on any atom is -0.505 e. The van der Waals surface area contributed by atoms with E-state index in [9.17, 15) is 23.0 Å². The van der Waals surface area contributed by atoms with Crippen molar-refractivity contribution in [2.75, 3.05) is 33.0 Å². The third-order valence-electron chi connectivity index (χ3n) is 5.23. The Morgan fingerprint density at radius 1 is 1.27 bits per heavy atom. The zero-order valence-corrected chi connectivity index (χ0v) is 17.6. The van der Waals surface area contributed by atoms with Gasteiger partial charge in [0.2, 0.25) is 5.88 Å². The standard InChI is InChI=1S/C20H25FN2O6S/c1-28-19-6-4-15(12-22-19)20(29-30(2,26)27)7-9-23(10-8-20)13-18(25)14-3-5-17(24)16(21)11-14/h3-6,11-12,18,24-25H,7-10,13H2,1-2H3. The molecule has 1 aromatic carbocycles. The largest absolute Gasteiger partial charge is 0.505 e. The molecule has 0 aliphatic carbocycles. The molecule has 10 heteroatoms. The molecular weight excluding hydrogens is 415 g/mol. The van der Waals surface area contributed by atoms with Crippen molar-refractivity contribution in [1.82, 2.24) is 9.88 Å². The van der Waals surface area contributed by atoms with Crippen LogP contribution in [0.5, 0.6) is 11.6 Å². The van der Waals surface area contributed by atoms with E-state index in [0.717, 1.165) is 12.3 Å². The summed E-state index contributed by atoms with van der Waals surface area (Å²) in [6.45, 7) is 1.15. The van der Waals surface area contributed by atoms with Crippen molar-refractivity contribution in [2.24, 2.45) is 0 Å². The van der Waals surface area contributed by atoms with Crippen molar-refractivity contribution in [3.05, 3.63) is 53.5 Å². The fourth-order valence-corrected chi connectivity index (χ4v) is 4.50. The van der Waals surface area contributed by atoms with Crippen LogP contribution < -0.4 is 4.74 Å². The second kappa shape index (κ2) is 8.84. The van der Waals surface area contributed by atoms with Crippen molar-refractivity contribution in [2.45, 2.75) is 24.5 Å². The summed E-state index contributed by atoms with van der Waals surface area (Å²) in [6, 6.07) is 7.15. The van der Waals surface area contributed by atoms with E-state index in [0.29, 0.717) is 42.9 Å². The van der Waals surface area contributed by atoms with Gasteiger partial charge in [-0.15, -0.1) is 0 Å². The first-order valence-electron chi connectivity index (χ1n) is 9.42. The zero-order chi connectivity index (χ0) is 21.9. The van der Waals surface area contributed by atoms with Gasteiger partial charge < -0.3 is 19.8 Å². The van der Waals surface area contributed by atoms with Crippen molar-refractivity contribution >= 4 is 10.1 Å². The highest BCUT2D eigenvalue weighted by atomic mass is 32.2. The van der Waals surface area contributed by atoms with Gasteiger partial charge in [0.05, 0.1) is 19.5 Å². The molecule has 1 unspecified atom stereocenters. The number of aliphatic hydroxyl groups excluding tert-OH is 1. The second-order valence-corrected chi connectivity index (χ2v) is 8.97. The van der Waals surface area contributed by atoms with Crippen LogP contribution in [0.25, 0.3) is 0 Å². The molecule has 2 aromatic rings. The van der Waals surface area contributed by atoms with Crippen molar-refractivity contribution in [3.8, 4) is 11.6 Å². The number of piperidine rings is 1. The van der Waals surface area contributed by atoms with Crippen LogP contribution in [-0.4, -0.2) is 61.5 Å². The molecule has 2 heterocycles. The number of pyridine rings is 1. The lowest BCUT2D eigenvalue weighted by Crippen LogP contribution is -2.46. The second-order valence-electron chi connectivity index (χ2n) is 7.40. The maximum atomic E-state index is 13.6. The molecule has 0 spiro atoms. The number of phenols is 1. The number of β-amino-alcohol motifs (C(OH)–C–C–N with tert-alkyl or cyclic N) is 1. The first-order valence-corrected chi connectivity index (χ1v) is 11.2. The molecule has 164 valence electrons. The number of aliphatic hydroxyl groups is 1. The Morgan fingerprint density at radius 3 is 2.50 bits per heavy atom. The predicted molar refractivity (Wildman–Crippen MR) is 107 cm³/mol. The minimum atomic E-state index is -3.73. The Bertz CT molecular complexity index is 975. The Labute approximate surface area is 175 Å². The highest BCUT2D eigenvalue weighted by Gasteiger charge is 2.41. The van der Waals surface area contributed by atoms with E-state index >= 15 is 0 Å². The number of aromatic hydroxyl groups is 1. The summed E-state index contributed by atoms with van der Waals surface area (Å²) in [5.41, 5.74) is -0.0673. The highest BCUT2D eigenvalue weighted by Crippen LogP contribution is 2.38. The number of hydrogen-bond donors (Lipinski definition) is 2. The Hall–Kier alpha value is -2.27. The number of likely N-dealkylation sites (tertiary alicyclic amines) is 1. The van der Waals surface area contributed by atoms with E-state index in [1.165, 1.54) is 19.2 Å².